The number of aliphatic carboxylic acids is 1. The summed E-state index contributed by atoms with van der Waals surface area (Å²) in [5, 5.41) is 11.0. The van der Waals surface area contributed by atoms with E-state index in [0.29, 0.717) is 0 Å². The van der Waals surface area contributed by atoms with Crippen LogP contribution in [0.1, 0.15) is 16.8 Å². The number of benzene rings is 1. The van der Waals surface area contributed by atoms with Crippen molar-refractivity contribution in [3.63, 3.8) is 0 Å². The van der Waals surface area contributed by atoms with Crippen molar-refractivity contribution in [2.45, 2.75) is 12.5 Å². The van der Waals surface area contributed by atoms with E-state index in [0.717, 1.165) is 19.2 Å². The molecule has 0 radical (unpaired) electrons. The number of esters is 1. The number of halogens is 1. The molecule has 0 aromatic heterocycles. The number of ether oxygens (including phenoxy) is 2. The highest BCUT2D eigenvalue weighted by atomic mass is 19.1. The molecule has 8 heteroatoms. The van der Waals surface area contributed by atoms with Crippen LogP contribution in [0.5, 0.6) is 5.75 Å². The first-order valence-electron chi connectivity index (χ1n) is 5.83. The van der Waals surface area contributed by atoms with E-state index in [1.807, 2.05) is 0 Å². The largest absolute Gasteiger partial charge is 0.497 e. The van der Waals surface area contributed by atoms with E-state index in [2.05, 4.69) is 10.1 Å². The summed E-state index contributed by atoms with van der Waals surface area (Å²) in [5.41, 5.74) is -0.355. The van der Waals surface area contributed by atoms with Gasteiger partial charge in [0.05, 0.1) is 26.2 Å². The Morgan fingerprint density at radius 3 is 2.48 bits per heavy atom. The second kappa shape index (κ2) is 7.22. The number of hydrogen-bond acceptors (Lipinski definition) is 5. The number of carboxylic acid groups (broad SMARTS) is 1. The molecule has 0 aliphatic rings. The maximum Gasteiger partial charge on any atom is 0.326 e. The first kappa shape index (κ1) is 16.4. The van der Waals surface area contributed by atoms with Gasteiger partial charge in [0.1, 0.15) is 17.6 Å². The van der Waals surface area contributed by atoms with Crippen molar-refractivity contribution in [3.05, 3.63) is 29.6 Å². The molecule has 2 N–H and O–H groups in total. The molecule has 0 heterocycles. The van der Waals surface area contributed by atoms with Crippen LogP contribution >= 0.6 is 0 Å². The van der Waals surface area contributed by atoms with Gasteiger partial charge in [0.15, 0.2) is 0 Å². The second-order valence-electron chi connectivity index (χ2n) is 3.99. The first-order chi connectivity index (χ1) is 9.88. The summed E-state index contributed by atoms with van der Waals surface area (Å²) >= 11 is 0. The van der Waals surface area contributed by atoms with Gasteiger partial charge in [-0.05, 0) is 12.1 Å². The average Bonchev–Trinajstić information content (AvgIpc) is 2.45. The highest BCUT2D eigenvalue weighted by molar-refractivity contribution is 5.97. The topological polar surface area (TPSA) is 102 Å². The predicted octanol–water partition coefficient (Wildman–Crippen LogP) is 0.580. The van der Waals surface area contributed by atoms with Crippen LogP contribution in [0, 0.1) is 5.82 Å². The van der Waals surface area contributed by atoms with Crippen molar-refractivity contribution in [3.8, 4) is 5.75 Å². The molecule has 0 unspecified atom stereocenters. The highest BCUT2D eigenvalue weighted by Gasteiger charge is 2.25. The zero-order chi connectivity index (χ0) is 16.0. The fraction of sp³-hybridized carbons (Fsp3) is 0.308. The predicted molar refractivity (Wildman–Crippen MR) is 68.5 cm³/mol. The van der Waals surface area contributed by atoms with Crippen molar-refractivity contribution in [2.75, 3.05) is 14.2 Å². The normalized spacial score (nSPS) is 11.4. The average molecular weight is 299 g/mol. The van der Waals surface area contributed by atoms with E-state index < -0.39 is 36.1 Å². The molecule has 0 fully saturated rings. The molecule has 0 aliphatic carbocycles. The fourth-order valence-corrected chi connectivity index (χ4v) is 1.49. The third-order valence-electron chi connectivity index (χ3n) is 2.62. The molecule has 0 saturated carbocycles. The third kappa shape index (κ3) is 4.44. The number of methoxy groups -OCH3 is 2. The van der Waals surface area contributed by atoms with Crippen molar-refractivity contribution >= 4 is 17.8 Å². The zero-order valence-electron chi connectivity index (χ0n) is 11.4. The van der Waals surface area contributed by atoms with Crippen LogP contribution in [0.25, 0.3) is 0 Å². The summed E-state index contributed by atoms with van der Waals surface area (Å²) in [6.45, 7) is 0. The van der Waals surface area contributed by atoms with Gasteiger partial charge in [-0.2, -0.15) is 0 Å². The van der Waals surface area contributed by atoms with E-state index >= 15 is 0 Å². The molecule has 0 saturated heterocycles. The molecule has 1 aromatic carbocycles. The molecule has 0 aliphatic heterocycles. The van der Waals surface area contributed by atoms with E-state index in [9.17, 15) is 18.8 Å². The molecule has 1 aromatic rings. The van der Waals surface area contributed by atoms with Crippen LogP contribution in [0.4, 0.5) is 4.39 Å². The van der Waals surface area contributed by atoms with Gasteiger partial charge in [0, 0.05) is 6.07 Å². The van der Waals surface area contributed by atoms with Crippen molar-refractivity contribution in [1.29, 1.82) is 0 Å². The minimum atomic E-state index is -1.51. The van der Waals surface area contributed by atoms with Crippen LogP contribution in [-0.2, 0) is 14.3 Å². The van der Waals surface area contributed by atoms with Gasteiger partial charge in [-0.15, -0.1) is 0 Å². The van der Waals surface area contributed by atoms with Gasteiger partial charge in [-0.3, -0.25) is 9.59 Å². The summed E-state index contributed by atoms with van der Waals surface area (Å²) in [6.07, 6.45) is -0.560. The molecule has 0 spiro atoms. The molecule has 21 heavy (non-hydrogen) atoms. The van der Waals surface area contributed by atoms with E-state index in [1.165, 1.54) is 13.2 Å². The Labute approximate surface area is 119 Å². The monoisotopic (exact) mass is 299 g/mol. The van der Waals surface area contributed by atoms with Gasteiger partial charge in [0.25, 0.3) is 5.91 Å². The number of nitrogens with one attached hydrogen (secondary N) is 1. The van der Waals surface area contributed by atoms with Gasteiger partial charge in [0.2, 0.25) is 0 Å². The maximum absolute atomic E-state index is 13.7. The van der Waals surface area contributed by atoms with Crippen LogP contribution in [-0.4, -0.2) is 43.2 Å². The minimum absolute atomic E-state index is 0.216. The van der Waals surface area contributed by atoms with Crippen LogP contribution < -0.4 is 10.1 Å². The molecule has 1 rings (SSSR count). The molecule has 7 nitrogen and oxygen atoms in total. The number of carbonyl (C=O) groups is 3. The summed E-state index contributed by atoms with van der Waals surface area (Å²) in [5.74, 6) is -3.84. The van der Waals surface area contributed by atoms with Crippen LogP contribution in [0.3, 0.4) is 0 Å². The zero-order valence-corrected chi connectivity index (χ0v) is 11.4. The van der Waals surface area contributed by atoms with Gasteiger partial charge < -0.3 is 19.9 Å². The summed E-state index contributed by atoms with van der Waals surface area (Å²) < 4.78 is 22.8. The number of rotatable bonds is 6. The van der Waals surface area contributed by atoms with Gasteiger partial charge in [-0.1, -0.05) is 0 Å². The Kier molecular flexibility index (Phi) is 5.65. The smallest absolute Gasteiger partial charge is 0.326 e. The molecule has 1 atom stereocenters. The van der Waals surface area contributed by atoms with Crippen molar-refractivity contribution in [1.82, 2.24) is 5.32 Å². The lowest BCUT2D eigenvalue weighted by atomic mass is 10.1. The van der Waals surface area contributed by atoms with Crippen LogP contribution in [0.15, 0.2) is 18.2 Å². The minimum Gasteiger partial charge on any atom is -0.497 e. The number of amides is 1. The molecule has 1 amide bonds. The first-order valence-corrected chi connectivity index (χ1v) is 5.83. The summed E-state index contributed by atoms with van der Waals surface area (Å²) in [7, 11) is 2.43. The molecular formula is C13H14FNO6. The molecular weight excluding hydrogens is 285 g/mol. The van der Waals surface area contributed by atoms with Gasteiger partial charge in [-0.25, -0.2) is 9.18 Å². The van der Waals surface area contributed by atoms with E-state index in [-0.39, 0.29) is 11.3 Å². The lowest BCUT2D eigenvalue weighted by Crippen LogP contribution is -2.42. The Morgan fingerprint density at radius 1 is 1.33 bits per heavy atom. The van der Waals surface area contributed by atoms with Crippen molar-refractivity contribution < 1.29 is 33.4 Å². The number of carboxylic acids is 1. The number of carbonyl (C=O) groups excluding carboxylic acids is 2. The van der Waals surface area contributed by atoms with Gasteiger partial charge >= 0.3 is 11.9 Å². The quantitative estimate of drug-likeness (QED) is 0.745. The van der Waals surface area contributed by atoms with Crippen LogP contribution in [0.2, 0.25) is 0 Å². The lowest BCUT2D eigenvalue weighted by molar-refractivity contribution is -0.147. The Bertz CT molecular complexity index is 560. The fourth-order valence-electron chi connectivity index (χ4n) is 1.49. The standard InChI is InChI=1S/C13H14FNO6/c1-20-7-3-4-8(9(14)5-7)12(17)15-10(13(18)19)6-11(16)21-2/h3-5,10H,6H2,1-2H3,(H,15,17)(H,18,19)/t10-/m0/s1. The maximum atomic E-state index is 13.7. The van der Waals surface area contributed by atoms with Crippen molar-refractivity contribution in [2.24, 2.45) is 0 Å². The Morgan fingerprint density at radius 2 is 2.00 bits per heavy atom. The Balaban J connectivity index is 2.87. The molecule has 114 valence electrons. The Hall–Kier alpha value is -2.64. The summed E-state index contributed by atoms with van der Waals surface area (Å²) in [4.78, 5) is 33.9. The summed E-state index contributed by atoms with van der Waals surface area (Å²) in [6, 6.07) is 1.99. The second-order valence-corrected chi connectivity index (χ2v) is 3.99. The lowest BCUT2D eigenvalue weighted by Gasteiger charge is -2.13. The van der Waals surface area contributed by atoms with E-state index in [4.69, 9.17) is 9.84 Å². The highest BCUT2D eigenvalue weighted by Crippen LogP contribution is 2.16. The van der Waals surface area contributed by atoms with E-state index in [1.54, 1.807) is 0 Å². The number of hydrogen-bond donors (Lipinski definition) is 2. The third-order valence-corrected chi connectivity index (χ3v) is 2.62. The molecule has 0 bridgehead atoms. The SMILES string of the molecule is COC(=O)C[C@H](NC(=O)c1ccc(OC)cc1F)C(=O)O.